The molecule has 30 heavy (non-hydrogen) atoms. The first kappa shape index (κ1) is 23.1. The number of anilines is 1. The maximum absolute atomic E-state index is 12.7. The molecule has 0 saturated carbocycles. The van der Waals surface area contributed by atoms with Crippen LogP contribution < -0.4 is 9.64 Å². The highest BCUT2D eigenvalue weighted by atomic mass is 35.5. The number of benzene rings is 1. The molecule has 1 atom stereocenters. The van der Waals surface area contributed by atoms with E-state index >= 15 is 0 Å². The van der Waals surface area contributed by atoms with Gasteiger partial charge in [-0.3, -0.25) is 9.78 Å². The Morgan fingerprint density at radius 3 is 2.70 bits per heavy atom. The maximum atomic E-state index is 12.7. The molecule has 0 spiro atoms. The lowest BCUT2D eigenvalue weighted by Crippen LogP contribution is -2.24. The van der Waals surface area contributed by atoms with Gasteiger partial charge in [0.25, 0.3) is 0 Å². The lowest BCUT2D eigenvalue weighted by molar-refractivity contribution is -0.117. The van der Waals surface area contributed by atoms with Gasteiger partial charge in [-0.2, -0.15) is 0 Å². The number of aryl methyl sites for hydroxylation is 1. The Morgan fingerprint density at radius 2 is 2.00 bits per heavy atom. The van der Waals surface area contributed by atoms with E-state index in [-0.39, 0.29) is 18.6 Å². The van der Waals surface area contributed by atoms with Crippen LogP contribution >= 0.6 is 23.2 Å². The van der Waals surface area contributed by atoms with Gasteiger partial charge in [-0.1, -0.05) is 42.8 Å². The van der Waals surface area contributed by atoms with E-state index < -0.39 is 8.07 Å². The monoisotopic (exact) mass is 466 g/mol. The van der Waals surface area contributed by atoms with Gasteiger partial charge >= 0.3 is 0 Å². The van der Waals surface area contributed by atoms with E-state index in [1.165, 1.54) is 0 Å². The van der Waals surface area contributed by atoms with Crippen molar-refractivity contribution in [3.05, 3.63) is 51.8 Å². The molecule has 1 aromatic carbocycles. The maximum Gasteiger partial charge on any atom is 0.227 e. The minimum Gasteiger partial charge on any atom is -0.467 e. The molecular formula is C22H28Cl2N2O3Si. The molecule has 8 heteroatoms. The summed E-state index contributed by atoms with van der Waals surface area (Å²) in [6.45, 7) is 10.1. The van der Waals surface area contributed by atoms with Crippen LogP contribution in [0.5, 0.6) is 5.75 Å². The van der Waals surface area contributed by atoms with E-state index in [4.69, 9.17) is 32.7 Å². The van der Waals surface area contributed by atoms with E-state index in [9.17, 15) is 4.79 Å². The predicted molar refractivity (Wildman–Crippen MR) is 125 cm³/mol. The molecule has 0 N–H and O–H groups in total. The molecule has 1 aliphatic rings. The van der Waals surface area contributed by atoms with Gasteiger partial charge in [0, 0.05) is 56.7 Å². The summed E-state index contributed by atoms with van der Waals surface area (Å²) in [5.41, 5.74) is 2.47. The molecule has 0 unspecified atom stereocenters. The van der Waals surface area contributed by atoms with Gasteiger partial charge in [-0.15, -0.1) is 0 Å². The van der Waals surface area contributed by atoms with Crippen LogP contribution in [0.2, 0.25) is 35.7 Å². The Kier molecular flexibility index (Phi) is 7.45. The van der Waals surface area contributed by atoms with E-state index in [1.807, 2.05) is 19.1 Å². The molecule has 0 bridgehead atoms. The molecule has 0 aliphatic carbocycles. The first-order valence-corrected chi connectivity index (χ1v) is 14.5. The number of carbonyl (C=O) groups is 1. The zero-order valence-electron chi connectivity index (χ0n) is 17.9. The Morgan fingerprint density at radius 1 is 1.23 bits per heavy atom. The zero-order valence-corrected chi connectivity index (χ0v) is 20.4. The third-order valence-corrected chi connectivity index (χ3v) is 7.64. The number of hydrogen-bond donors (Lipinski definition) is 0. The Balaban J connectivity index is 1.75. The van der Waals surface area contributed by atoms with Gasteiger partial charge < -0.3 is 14.4 Å². The number of pyridine rings is 1. The highest BCUT2D eigenvalue weighted by Crippen LogP contribution is 2.43. The van der Waals surface area contributed by atoms with Crippen molar-refractivity contribution in [3.8, 4) is 5.75 Å². The molecule has 1 saturated heterocycles. The highest BCUT2D eigenvalue weighted by molar-refractivity contribution is 6.76. The standard InChI is InChI=1S/C22H28Cl2N2O3Si/c1-15-11-17(7-8-25-15)26-13-16(12-20(26)27)21-19(6-5-18(23)22(21)24)29-14-28-9-10-30(2,3)4/h5-8,11,16H,9-10,12-14H2,1-4H3/t16-/m0/s1. The Labute approximate surface area is 189 Å². The molecule has 5 nitrogen and oxygen atoms in total. The molecule has 1 aliphatic heterocycles. The minimum absolute atomic E-state index is 0.0407. The minimum atomic E-state index is -1.15. The number of amides is 1. The number of rotatable bonds is 8. The quantitative estimate of drug-likeness (QED) is 0.275. The second-order valence-electron chi connectivity index (χ2n) is 8.82. The average molecular weight is 467 g/mol. The van der Waals surface area contributed by atoms with Crippen molar-refractivity contribution < 1.29 is 14.3 Å². The van der Waals surface area contributed by atoms with E-state index in [1.54, 1.807) is 23.2 Å². The van der Waals surface area contributed by atoms with Crippen LogP contribution in [-0.4, -0.2) is 38.9 Å². The van der Waals surface area contributed by atoms with E-state index in [0.29, 0.717) is 35.4 Å². The molecule has 2 heterocycles. The number of carbonyl (C=O) groups excluding carboxylic acids is 1. The van der Waals surface area contributed by atoms with Crippen LogP contribution in [0.4, 0.5) is 5.69 Å². The van der Waals surface area contributed by atoms with Crippen molar-refractivity contribution in [2.45, 2.75) is 44.9 Å². The molecule has 2 aromatic rings. The summed E-state index contributed by atoms with van der Waals surface area (Å²) < 4.78 is 11.6. The number of halogens is 2. The van der Waals surface area contributed by atoms with Gasteiger partial charge in [0.15, 0.2) is 6.79 Å². The third kappa shape index (κ3) is 5.75. The van der Waals surface area contributed by atoms with Crippen LogP contribution in [0.15, 0.2) is 30.5 Å². The van der Waals surface area contributed by atoms with E-state index in [2.05, 4.69) is 24.6 Å². The van der Waals surface area contributed by atoms with Gasteiger partial charge in [0.2, 0.25) is 5.91 Å². The number of hydrogen-bond acceptors (Lipinski definition) is 4. The lowest BCUT2D eigenvalue weighted by Gasteiger charge is -2.20. The molecule has 1 aromatic heterocycles. The first-order chi connectivity index (χ1) is 14.2. The number of aromatic nitrogens is 1. The van der Waals surface area contributed by atoms with Crippen molar-refractivity contribution in [2.24, 2.45) is 0 Å². The fourth-order valence-electron chi connectivity index (χ4n) is 3.45. The number of ether oxygens (including phenoxy) is 2. The van der Waals surface area contributed by atoms with Gasteiger partial charge in [-0.05, 0) is 37.2 Å². The number of nitrogens with zero attached hydrogens (tertiary/aromatic N) is 2. The molecule has 0 radical (unpaired) electrons. The second kappa shape index (κ2) is 9.69. The average Bonchev–Trinajstić information content (AvgIpc) is 3.04. The molecule has 162 valence electrons. The fraction of sp³-hybridized carbons (Fsp3) is 0.455. The summed E-state index contributed by atoms with van der Waals surface area (Å²) >= 11 is 12.8. The second-order valence-corrected chi connectivity index (χ2v) is 15.2. The summed E-state index contributed by atoms with van der Waals surface area (Å²) in [6.07, 6.45) is 2.05. The first-order valence-electron chi connectivity index (χ1n) is 10.1. The SMILES string of the molecule is Cc1cc(N2C[C@@H](c3c(OCOCC[Si](C)(C)C)ccc(Cl)c3Cl)CC2=O)ccn1. The molecule has 3 rings (SSSR count). The summed E-state index contributed by atoms with van der Waals surface area (Å²) in [5, 5.41) is 0.881. The van der Waals surface area contributed by atoms with Crippen molar-refractivity contribution in [3.63, 3.8) is 0 Å². The fourth-order valence-corrected chi connectivity index (χ4v) is 4.68. The largest absolute Gasteiger partial charge is 0.467 e. The van der Waals surface area contributed by atoms with Crippen molar-refractivity contribution >= 4 is 42.9 Å². The predicted octanol–water partition coefficient (Wildman–Crippen LogP) is 5.91. The van der Waals surface area contributed by atoms with Gasteiger partial charge in [0.05, 0.1) is 10.0 Å². The molecular weight excluding hydrogens is 439 g/mol. The van der Waals surface area contributed by atoms with Crippen molar-refractivity contribution in [2.75, 3.05) is 24.8 Å². The lowest BCUT2D eigenvalue weighted by atomic mass is 9.97. The van der Waals surface area contributed by atoms with Gasteiger partial charge in [0.1, 0.15) is 5.75 Å². The third-order valence-electron chi connectivity index (χ3n) is 5.11. The smallest absolute Gasteiger partial charge is 0.227 e. The summed E-state index contributed by atoms with van der Waals surface area (Å²) in [7, 11) is -1.15. The van der Waals surface area contributed by atoms with Crippen LogP contribution in [-0.2, 0) is 9.53 Å². The highest BCUT2D eigenvalue weighted by Gasteiger charge is 2.35. The van der Waals surface area contributed by atoms with Gasteiger partial charge in [-0.25, -0.2) is 0 Å². The topological polar surface area (TPSA) is 51.7 Å². The Bertz CT molecular complexity index is 918. The summed E-state index contributed by atoms with van der Waals surface area (Å²) in [6, 6.07) is 8.34. The molecule has 1 amide bonds. The Hall–Kier alpha value is -1.60. The zero-order chi connectivity index (χ0) is 21.9. The van der Waals surface area contributed by atoms with Crippen LogP contribution in [0.1, 0.15) is 23.6 Å². The summed E-state index contributed by atoms with van der Waals surface area (Å²) in [4.78, 5) is 18.7. The van der Waals surface area contributed by atoms with Crippen LogP contribution in [0.25, 0.3) is 0 Å². The molecule has 1 fully saturated rings. The van der Waals surface area contributed by atoms with Crippen molar-refractivity contribution in [1.82, 2.24) is 4.98 Å². The summed E-state index contributed by atoms with van der Waals surface area (Å²) in [5.74, 6) is 0.538. The van der Waals surface area contributed by atoms with E-state index in [0.717, 1.165) is 23.0 Å². The van der Waals surface area contributed by atoms with Crippen molar-refractivity contribution in [1.29, 1.82) is 0 Å². The van der Waals surface area contributed by atoms with Crippen LogP contribution in [0.3, 0.4) is 0 Å². The van der Waals surface area contributed by atoms with Crippen LogP contribution in [0, 0.1) is 6.92 Å². The normalized spacial score (nSPS) is 16.9.